The number of nitrogens with zero attached hydrogens (tertiary/aromatic N) is 1. The topological polar surface area (TPSA) is 107 Å². The molecule has 1 aliphatic rings. The Morgan fingerprint density at radius 2 is 1.74 bits per heavy atom. The molecular weight excluding hydrogens is 368 g/mol. The summed E-state index contributed by atoms with van der Waals surface area (Å²) in [5.74, 6) is -1.31. The molecule has 2 rings (SSSR count). The molecule has 0 aliphatic carbocycles. The van der Waals surface area contributed by atoms with Gasteiger partial charge in [0.05, 0.1) is 16.9 Å². The summed E-state index contributed by atoms with van der Waals surface area (Å²) in [5, 5.41) is 13.6. The van der Waals surface area contributed by atoms with Crippen LogP contribution in [0.4, 0.5) is 0 Å². The van der Waals surface area contributed by atoms with Gasteiger partial charge in [-0.05, 0) is 55.4 Å². The molecule has 0 radical (unpaired) electrons. The van der Waals surface area contributed by atoms with Gasteiger partial charge in [-0.25, -0.2) is 8.42 Å². The fourth-order valence-electron chi connectivity index (χ4n) is 3.08. The Bertz CT molecular complexity index is 766. The third-order valence-electron chi connectivity index (χ3n) is 4.79. The number of piperidine rings is 1. The first kappa shape index (κ1) is 21.4. The van der Waals surface area contributed by atoms with Crippen molar-refractivity contribution in [2.24, 2.45) is 11.8 Å². The Kier molecular flexibility index (Phi) is 7.00. The lowest BCUT2D eigenvalue weighted by atomic mass is 10.0. The van der Waals surface area contributed by atoms with E-state index in [1.807, 2.05) is 13.8 Å². The number of sulfonamides is 1. The fraction of sp³-hybridized carbons (Fsp3) is 0.579. The summed E-state index contributed by atoms with van der Waals surface area (Å²) in [6, 6.07) is 4.49. The number of hydrogen-bond donors (Lipinski definition) is 1. The number of carboxylic acid groups (broad SMARTS) is 1. The highest BCUT2D eigenvalue weighted by atomic mass is 32.2. The summed E-state index contributed by atoms with van der Waals surface area (Å²) in [4.78, 5) is 23.6. The maximum atomic E-state index is 12.7. The van der Waals surface area contributed by atoms with Crippen molar-refractivity contribution in [3.63, 3.8) is 0 Å². The van der Waals surface area contributed by atoms with Gasteiger partial charge in [-0.1, -0.05) is 20.8 Å². The molecule has 150 valence electrons. The lowest BCUT2D eigenvalue weighted by molar-refractivity contribution is -0.308. The fourth-order valence-corrected chi connectivity index (χ4v) is 4.55. The highest BCUT2D eigenvalue weighted by molar-refractivity contribution is 7.89. The Morgan fingerprint density at radius 1 is 1.19 bits per heavy atom. The van der Waals surface area contributed by atoms with Crippen LogP contribution in [0.1, 0.15) is 50.4 Å². The molecule has 1 N–H and O–H groups in total. The lowest BCUT2D eigenvalue weighted by Gasteiger charge is -2.29. The molecule has 1 aromatic carbocycles. The van der Waals surface area contributed by atoms with Crippen molar-refractivity contribution in [2.45, 2.75) is 51.0 Å². The van der Waals surface area contributed by atoms with Crippen molar-refractivity contribution in [3.05, 3.63) is 29.8 Å². The van der Waals surface area contributed by atoms with E-state index in [1.54, 1.807) is 0 Å². The number of amides is 1. The van der Waals surface area contributed by atoms with E-state index in [1.165, 1.54) is 28.6 Å². The van der Waals surface area contributed by atoms with Crippen molar-refractivity contribution in [2.75, 3.05) is 13.1 Å². The minimum absolute atomic E-state index is 0.0768. The maximum absolute atomic E-state index is 12.7. The molecule has 0 aromatic heterocycles. The van der Waals surface area contributed by atoms with Gasteiger partial charge in [-0.3, -0.25) is 4.79 Å². The smallest absolute Gasteiger partial charge is 0.251 e. The summed E-state index contributed by atoms with van der Waals surface area (Å²) in [7, 11) is -3.58. The van der Waals surface area contributed by atoms with Gasteiger partial charge in [0, 0.05) is 18.7 Å². The third kappa shape index (κ3) is 5.52. The number of benzene rings is 1. The molecule has 0 spiro atoms. The highest BCUT2D eigenvalue weighted by Gasteiger charge is 2.28. The van der Waals surface area contributed by atoms with Crippen LogP contribution in [0.2, 0.25) is 0 Å². The molecule has 0 saturated carbocycles. The molecule has 0 unspecified atom stereocenters. The second kappa shape index (κ2) is 8.84. The van der Waals surface area contributed by atoms with Crippen LogP contribution in [-0.4, -0.2) is 43.7 Å². The Hall–Kier alpha value is -1.93. The van der Waals surface area contributed by atoms with Crippen LogP contribution in [-0.2, 0) is 14.8 Å². The molecule has 27 heavy (non-hydrogen) atoms. The molecule has 1 aromatic rings. The largest absolute Gasteiger partial charge is 0.548 e. The van der Waals surface area contributed by atoms with Gasteiger partial charge in [0.1, 0.15) is 0 Å². The van der Waals surface area contributed by atoms with E-state index < -0.39 is 27.9 Å². The van der Waals surface area contributed by atoms with Crippen molar-refractivity contribution in [1.29, 1.82) is 0 Å². The molecule has 1 fully saturated rings. The quantitative estimate of drug-likeness (QED) is 0.741. The summed E-state index contributed by atoms with van der Waals surface area (Å²) in [6.07, 6.45) is 1.92. The second-order valence-corrected chi connectivity index (χ2v) is 9.52. The average Bonchev–Trinajstić information content (AvgIpc) is 2.61. The van der Waals surface area contributed by atoms with E-state index in [0.717, 1.165) is 12.8 Å². The van der Waals surface area contributed by atoms with E-state index in [-0.39, 0.29) is 22.8 Å². The second-order valence-electron chi connectivity index (χ2n) is 7.59. The first-order valence-corrected chi connectivity index (χ1v) is 10.7. The first-order chi connectivity index (χ1) is 12.6. The molecule has 7 nitrogen and oxygen atoms in total. The monoisotopic (exact) mass is 395 g/mol. The molecule has 8 heteroatoms. The van der Waals surface area contributed by atoms with Gasteiger partial charge >= 0.3 is 0 Å². The van der Waals surface area contributed by atoms with Gasteiger partial charge in [0.15, 0.2) is 0 Å². The minimum Gasteiger partial charge on any atom is -0.548 e. The van der Waals surface area contributed by atoms with Gasteiger partial charge in [0.25, 0.3) is 5.91 Å². The van der Waals surface area contributed by atoms with Gasteiger partial charge < -0.3 is 15.2 Å². The molecule has 1 saturated heterocycles. The number of carboxylic acids is 1. The molecule has 1 heterocycles. The average molecular weight is 396 g/mol. The first-order valence-electron chi connectivity index (χ1n) is 9.23. The number of carbonyl (C=O) groups excluding carboxylic acids is 2. The standard InChI is InChI=1S/C19H28N2O5S/c1-13(2)12-17(19(23)24)20-18(22)15-4-6-16(7-5-15)27(25,26)21-10-8-14(3)9-11-21/h4-7,13-14,17H,8-12H2,1-3H3,(H,20,22)(H,23,24)/p-1/t17-/m1/s1. The van der Waals surface area contributed by atoms with Crippen molar-refractivity contribution < 1.29 is 23.1 Å². The Labute approximate surface area is 160 Å². The van der Waals surface area contributed by atoms with Gasteiger partial charge in [0.2, 0.25) is 10.0 Å². The summed E-state index contributed by atoms with van der Waals surface area (Å²) < 4.78 is 26.9. The number of nitrogens with one attached hydrogen (secondary N) is 1. The van der Waals surface area contributed by atoms with E-state index in [4.69, 9.17) is 0 Å². The molecule has 1 amide bonds. The van der Waals surface area contributed by atoms with Crippen molar-refractivity contribution in [1.82, 2.24) is 9.62 Å². The van der Waals surface area contributed by atoms with E-state index in [9.17, 15) is 23.1 Å². The number of carbonyl (C=O) groups is 2. The highest BCUT2D eigenvalue weighted by Crippen LogP contribution is 2.23. The SMILES string of the molecule is CC(C)C[C@@H](NC(=O)c1ccc(S(=O)(=O)N2CCC(C)CC2)cc1)C(=O)[O-]. The predicted molar refractivity (Wildman–Crippen MR) is 99.3 cm³/mol. The molecule has 1 aliphatic heterocycles. The van der Waals surface area contributed by atoms with E-state index in [2.05, 4.69) is 12.2 Å². The third-order valence-corrected chi connectivity index (χ3v) is 6.71. The number of rotatable bonds is 7. The minimum atomic E-state index is -3.58. The van der Waals surface area contributed by atoms with Crippen LogP contribution in [0.15, 0.2) is 29.2 Å². The Morgan fingerprint density at radius 3 is 2.22 bits per heavy atom. The van der Waals surface area contributed by atoms with Crippen molar-refractivity contribution >= 4 is 21.9 Å². The van der Waals surface area contributed by atoms with Crippen LogP contribution in [0.25, 0.3) is 0 Å². The number of hydrogen-bond acceptors (Lipinski definition) is 5. The van der Waals surface area contributed by atoms with Crippen LogP contribution >= 0.6 is 0 Å². The van der Waals surface area contributed by atoms with Gasteiger partial charge in [-0.2, -0.15) is 4.31 Å². The zero-order valence-corrected chi connectivity index (χ0v) is 16.8. The lowest BCUT2D eigenvalue weighted by Crippen LogP contribution is -2.48. The van der Waals surface area contributed by atoms with Crippen LogP contribution in [0.5, 0.6) is 0 Å². The molecule has 0 bridgehead atoms. The predicted octanol–water partition coefficient (Wildman–Crippen LogP) is 1.00. The van der Waals surface area contributed by atoms with Gasteiger partial charge in [-0.15, -0.1) is 0 Å². The summed E-state index contributed by atoms with van der Waals surface area (Å²) in [6.45, 7) is 6.80. The zero-order chi connectivity index (χ0) is 20.2. The number of aliphatic carboxylic acids is 1. The zero-order valence-electron chi connectivity index (χ0n) is 16.0. The summed E-state index contributed by atoms with van der Waals surface area (Å²) >= 11 is 0. The summed E-state index contributed by atoms with van der Waals surface area (Å²) in [5.41, 5.74) is 0.205. The normalized spacial score (nSPS) is 17.6. The maximum Gasteiger partial charge on any atom is 0.251 e. The molecular formula is C19H27N2O5S-. The van der Waals surface area contributed by atoms with E-state index in [0.29, 0.717) is 19.0 Å². The molecule has 1 atom stereocenters. The van der Waals surface area contributed by atoms with Crippen LogP contribution < -0.4 is 10.4 Å². The van der Waals surface area contributed by atoms with Crippen LogP contribution in [0, 0.1) is 11.8 Å². The van der Waals surface area contributed by atoms with E-state index >= 15 is 0 Å². The van der Waals surface area contributed by atoms with Crippen molar-refractivity contribution in [3.8, 4) is 0 Å². The van der Waals surface area contributed by atoms with Crippen LogP contribution in [0.3, 0.4) is 0 Å². The Balaban J connectivity index is 2.09.